The summed E-state index contributed by atoms with van der Waals surface area (Å²) < 4.78 is 44.4. The summed E-state index contributed by atoms with van der Waals surface area (Å²) in [5, 5.41) is 16.8. The molecule has 186 valence electrons. The number of rotatable bonds is 5. The summed E-state index contributed by atoms with van der Waals surface area (Å²) in [4.78, 5) is 20.3. The molecule has 0 saturated heterocycles. The van der Waals surface area contributed by atoms with Gasteiger partial charge < -0.3 is 10.4 Å². The third-order valence-electron chi connectivity index (χ3n) is 5.72. The third kappa shape index (κ3) is 4.58. The van der Waals surface area contributed by atoms with E-state index >= 15 is 0 Å². The fourth-order valence-electron chi connectivity index (χ4n) is 4.03. The summed E-state index contributed by atoms with van der Waals surface area (Å²) in [7, 11) is 0. The first-order chi connectivity index (χ1) is 17.6. The zero-order valence-electron chi connectivity index (χ0n) is 19.1. The maximum absolute atomic E-state index is 14.4. The average Bonchev–Trinajstić information content (AvgIpc) is 3.24. The minimum absolute atomic E-state index is 0.0437. The van der Waals surface area contributed by atoms with Gasteiger partial charge in [-0.1, -0.05) is 35.9 Å². The lowest BCUT2D eigenvalue weighted by molar-refractivity contribution is -0.140. The van der Waals surface area contributed by atoms with Crippen LogP contribution in [0.25, 0.3) is 27.8 Å². The highest BCUT2D eigenvalue weighted by atomic mass is 35.5. The summed E-state index contributed by atoms with van der Waals surface area (Å²) in [6.07, 6.45) is -1.90. The SMILES string of the molecule is Cc1ccccc1-n1nc(C(F)(F)F)c(-c2ccc3nccnc3c2)c1Nc1ccc(Cl)cc1C(=O)O. The number of carboxylic acids is 1. The van der Waals surface area contributed by atoms with Gasteiger partial charge in [0, 0.05) is 17.4 Å². The number of anilines is 2. The van der Waals surface area contributed by atoms with E-state index in [9.17, 15) is 23.1 Å². The highest BCUT2D eigenvalue weighted by Gasteiger charge is 2.40. The molecule has 0 amide bonds. The first kappa shape index (κ1) is 24.3. The molecule has 11 heteroatoms. The first-order valence-electron chi connectivity index (χ1n) is 10.9. The number of nitrogens with zero attached hydrogens (tertiary/aromatic N) is 4. The molecule has 7 nitrogen and oxygen atoms in total. The lowest BCUT2D eigenvalue weighted by Gasteiger charge is -2.16. The summed E-state index contributed by atoms with van der Waals surface area (Å²) in [6.45, 7) is 1.74. The van der Waals surface area contributed by atoms with Gasteiger partial charge in [-0.2, -0.15) is 18.3 Å². The van der Waals surface area contributed by atoms with Gasteiger partial charge in [-0.3, -0.25) is 9.97 Å². The smallest absolute Gasteiger partial charge is 0.435 e. The van der Waals surface area contributed by atoms with Crippen LogP contribution < -0.4 is 5.32 Å². The molecule has 0 saturated carbocycles. The van der Waals surface area contributed by atoms with Crippen LogP contribution in [0.2, 0.25) is 5.02 Å². The van der Waals surface area contributed by atoms with Crippen LogP contribution in [-0.2, 0) is 6.18 Å². The molecule has 2 N–H and O–H groups in total. The minimum Gasteiger partial charge on any atom is -0.478 e. The first-order valence-corrected chi connectivity index (χ1v) is 11.3. The second kappa shape index (κ2) is 9.21. The molecule has 37 heavy (non-hydrogen) atoms. The quantitative estimate of drug-likeness (QED) is 0.260. The predicted molar refractivity (Wildman–Crippen MR) is 134 cm³/mol. The van der Waals surface area contributed by atoms with Crippen LogP contribution >= 0.6 is 11.6 Å². The van der Waals surface area contributed by atoms with Crippen molar-refractivity contribution in [3.8, 4) is 16.8 Å². The summed E-state index contributed by atoms with van der Waals surface area (Å²) in [6, 6.07) is 15.4. The topological polar surface area (TPSA) is 92.9 Å². The molecule has 0 atom stereocenters. The number of hydrogen-bond acceptors (Lipinski definition) is 5. The summed E-state index contributed by atoms with van der Waals surface area (Å²) in [5.41, 5.74) is 0.527. The van der Waals surface area contributed by atoms with Crippen molar-refractivity contribution in [2.24, 2.45) is 0 Å². The molecule has 2 aromatic heterocycles. The fourth-order valence-corrected chi connectivity index (χ4v) is 4.20. The van der Waals surface area contributed by atoms with Gasteiger partial charge in [-0.05, 0) is 54.4 Å². The number of benzene rings is 3. The monoisotopic (exact) mass is 523 g/mol. The van der Waals surface area contributed by atoms with Crippen LogP contribution in [-0.4, -0.2) is 30.8 Å². The standard InChI is InChI=1S/C26H17ClF3N5O2/c1-14-4-2-3-5-21(14)35-24(33-18-9-7-16(27)13-17(18)25(36)37)22(23(34-35)26(28,29)30)15-6-8-19-20(12-15)32-11-10-31-19/h2-13,33H,1H3,(H,36,37). The second-order valence-corrected chi connectivity index (χ2v) is 8.58. The lowest BCUT2D eigenvalue weighted by atomic mass is 10.0. The summed E-state index contributed by atoms with van der Waals surface area (Å²) in [5.74, 6) is -1.37. The van der Waals surface area contributed by atoms with Crippen molar-refractivity contribution < 1.29 is 23.1 Å². The number of aromatic carboxylic acids is 1. The Hall–Kier alpha value is -4.44. The number of para-hydroxylation sites is 1. The van der Waals surface area contributed by atoms with Crippen molar-refractivity contribution in [3.05, 3.63) is 94.9 Å². The molecule has 0 fully saturated rings. The van der Waals surface area contributed by atoms with Crippen LogP contribution in [0.4, 0.5) is 24.7 Å². The van der Waals surface area contributed by atoms with Crippen LogP contribution in [0.15, 0.2) is 73.1 Å². The number of alkyl halides is 3. The van der Waals surface area contributed by atoms with Gasteiger partial charge in [-0.25, -0.2) is 9.48 Å². The van der Waals surface area contributed by atoms with E-state index in [2.05, 4.69) is 20.4 Å². The zero-order chi connectivity index (χ0) is 26.3. The number of halogens is 4. The largest absolute Gasteiger partial charge is 0.478 e. The van der Waals surface area contributed by atoms with Crippen molar-refractivity contribution >= 4 is 40.1 Å². The molecule has 0 unspecified atom stereocenters. The molecule has 0 aliphatic rings. The van der Waals surface area contributed by atoms with Gasteiger partial charge in [0.2, 0.25) is 0 Å². The maximum Gasteiger partial charge on any atom is 0.435 e. The van der Waals surface area contributed by atoms with Crippen molar-refractivity contribution in [3.63, 3.8) is 0 Å². The molecule has 0 spiro atoms. The number of fused-ring (bicyclic) bond motifs is 1. The maximum atomic E-state index is 14.4. The Bertz CT molecular complexity index is 1670. The Kier molecular flexibility index (Phi) is 6.04. The van der Waals surface area contributed by atoms with Crippen LogP contribution in [0, 0.1) is 6.92 Å². The van der Waals surface area contributed by atoms with E-state index in [-0.39, 0.29) is 33.2 Å². The Morgan fingerprint density at radius 3 is 2.43 bits per heavy atom. The van der Waals surface area contributed by atoms with Gasteiger partial charge in [0.15, 0.2) is 5.69 Å². The molecule has 5 aromatic rings. The molecule has 5 rings (SSSR count). The third-order valence-corrected chi connectivity index (χ3v) is 5.96. The normalized spacial score (nSPS) is 11.6. The van der Waals surface area contributed by atoms with Crippen molar-refractivity contribution in [2.45, 2.75) is 13.1 Å². The number of carboxylic acid groups (broad SMARTS) is 1. The predicted octanol–water partition coefficient (Wildman–Crippen LogP) is 6.90. The summed E-state index contributed by atoms with van der Waals surface area (Å²) >= 11 is 5.99. The number of aromatic nitrogens is 4. The molecule has 0 aliphatic carbocycles. The number of carbonyl (C=O) groups is 1. The molecule has 2 heterocycles. The molecule has 0 aliphatic heterocycles. The Morgan fingerprint density at radius 1 is 1.00 bits per heavy atom. The number of nitrogens with one attached hydrogen (secondary N) is 1. The van der Waals surface area contributed by atoms with Gasteiger partial charge >= 0.3 is 12.1 Å². The Balaban J connectivity index is 1.84. The van der Waals surface area contributed by atoms with Crippen LogP contribution in [0.1, 0.15) is 21.6 Å². The van der Waals surface area contributed by atoms with Crippen molar-refractivity contribution in [1.82, 2.24) is 19.7 Å². The van der Waals surface area contributed by atoms with Gasteiger partial charge in [0.25, 0.3) is 0 Å². The molecule has 0 radical (unpaired) electrons. The van der Waals surface area contributed by atoms with E-state index in [4.69, 9.17) is 11.6 Å². The molecular formula is C26H17ClF3N5O2. The molecule has 3 aromatic carbocycles. The van der Waals surface area contributed by atoms with Crippen molar-refractivity contribution in [1.29, 1.82) is 0 Å². The van der Waals surface area contributed by atoms with Gasteiger partial charge in [0.05, 0.1) is 33.5 Å². The van der Waals surface area contributed by atoms with Gasteiger partial charge in [-0.15, -0.1) is 0 Å². The second-order valence-electron chi connectivity index (χ2n) is 8.15. The average molecular weight is 524 g/mol. The minimum atomic E-state index is -4.83. The zero-order valence-corrected chi connectivity index (χ0v) is 19.8. The Labute approximate surface area is 213 Å². The van der Waals surface area contributed by atoms with Crippen LogP contribution in [0.5, 0.6) is 0 Å². The number of hydrogen-bond donors (Lipinski definition) is 2. The van der Waals surface area contributed by atoms with E-state index in [0.717, 1.165) is 4.68 Å². The molecular weight excluding hydrogens is 507 g/mol. The van der Waals surface area contributed by atoms with Crippen molar-refractivity contribution in [2.75, 3.05) is 5.32 Å². The van der Waals surface area contributed by atoms with Gasteiger partial charge in [0.1, 0.15) is 5.82 Å². The highest BCUT2D eigenvalue weighted by molar-refractivity contribution is 6.31. The van der Waals surface area contributed by atoms with E-state index in [1.165, 1.54) is 42.7 Å². The van der Waals surface area contributed by atoms with E-state index in [1.807, 2.05) is 0 Å². The molecule has 0 bridgehead atoms. The fraction of sp³-hybridized carbons (Fsp3) is 0.0769. The highest BCUT2D eigenvalue weighted by Crippen LogP contribution is 2.44. The lowest BCUT2D eigenvalue weighted by Crippen LogP contribution is -2.09. The Morgan fingerprint density at radius 2 is 1.73 bits per heavy atom. The van der Waals surface area contributed by atoms with E-state index < -0.39 is 17.8 Å². The van der Waals surface area contributed by atoms with Crippen LogP contribution in [0.3, 0.4) is 0 Å². The van der Waals surface area contributed by atoms with E-state index in [1.54, 1.807) is 37.3 Å². The number of aryl methyl sites for hydroxylation is 1. The van der Waals surface area contributed by atoms with E-state index in [0.29, 0.717) is 22.3 Å².